The molecule has 240 valence electrons. The van der Waals surface area contributed by atoms with Gasteiger partial charge in [0, 0.05) is 67.7 Å². The smallest absolute Gasteiger partial charge is 0.145 e. The van der Waals surface area contributed by atoms with Crippen molar-refractivity contribution >= 4 is 65.2 Å². The number of hydrogen-bond acceptors (Lipinski definition) is 2. The molecule has 0 atom stereocenters. The number of fused-ring (bicyclic) bond motifs is 11. The summed E-state index contributed by atoms with van der Waals surface area (Å²) in [6, 6.07) is 55.2. The average molecular weight is 661 g/mol. The molecule has 1 aliphatic carbocycles. The van der Waals surface area contributed by atoms with Gasteiger partial charge in [-0.2, -0.15) is 0 Å². The van der Waals surface area contributed by atoms with Crippen molar-refractivity contribution in [3.63, 3.8) is 0 Å². The van der Waals surface area contributed by atoms with Crippen molar-refractivity contribution < 1.29 is 0 Å². The zero-order valence-electron chi connectivity index (χ0n) is 28.0. The second-order valence-corrected chi connectivity index (χ2v) is 13.8. The van der Waals surface area contributed by atoms with E-state index in [1.807, 2.05) is 12.4 Å². The molecule has 0 saturated carbocycles. The minimum absolute atomic E-state index is 0.944. The molecule has 4 heteroatoms. The Morgan fingerprint density at radius 1 is 0.385 bits per heavy atom. The van der Waals surface area contributed by atoms with E-state index in [2.05, 4.69) is 172 Å². The predicted octanol–water partition coefficient (Wildman–Crippen LogP) is 12.3. The van der Waals surface area contributed by atoms with Gasteiger partial charge in [0.2, 0.25) is 0 Å². The summed E-state index contributed by atoms with van der Waals surface area (Å²) < 4.78 is 4.75. The second kappa shape index (κ2) is 10.3. The van der Waals surface area contributed by atoms with Crippen LogP contribution in [0.2, 0.25) is 0 Å². The van der Waals surface area contributed by atoms with Crippen LogP contribution < -0.4 is 0 Å². The van der Waals surface area contributed by atoms with Crippen LogP contribution in [0.1, 0.15) is 0 Å². The lowest BCUT2D eigenvalue weighted by molar-refractivity contribution is 1.10. The van der Waals surface area contributed by atoms with E-state index >= 15 is 0 Å². The minimum Gasteiger partial charge on any atom is -0.309 e. The molecule has 0 saturated heterocycles. The van der Waals surface area contributed by atoms with Gasteiger partial charge < -0.3 is 4.57 Å². The van der Waals surface area contributed by atoms with Crippen LogP contribution in [0.15, 0.2) is 170 Å². The number of pyridine rings is 2. The van der Waals surface area contributed by atoms with Gasteiger partial charge in [-0.25, -0.2) is 4.98 Å². The molecule has 0 radical (unpaired) electrons. The Hall–Kier alpha value is -7.04. The van der Waals surface area contributed by atoms with Crippen molar-refractivity contribution in [1.29, 1.82) is 0 Å². The fraction of sp³-hybridized carbons (Fsp3) is 0. The van der Waals surface area contributed by atoms with Gasteiger partial charge in [-0.15, -0.1) is 0 Å². The van der Waals surface area contributed by atoms with Crippen molar-refractivity contribution in [2.24, 2.45) is 0 Å². The highest BCUT2D eigenvalue weighted by molar-refractivity contribution is 6.23. The third kappa shape index (κ3) is 3.65. The van der Waals surface area contributed by atoms with E-state index < -0.39 is 0 Å². The van der Waals surface area contributed by atoms with Crippen molar-refractivity contribution in [3.05, 3.63) is 170 Å². The van der Waals surface area contributed by atoms with Gasteiger partial charge in [-0.05, 0) is 87.6 Å². The first-order valence-electron chi connectivity index (χ1n) is 17.7. The van der Waals surface area contributed by atoms with Gasteiger partial charge >= 0.3 is 0 Å². The highest BCUT2D eigenvalue weighted by Crippen LogP contribution is 2.48. The molecule has 0 bridgehead atoms. The van der Waals surface area contributed by atoms with Crippen LogP contribution in [0.4, 0.5) is 0 Å². The Labute approximate surface area is 298 Å². The summed E-state index contributed by atoms with van der Waals surface area (Å²) in [5.41, 5.74) is 13.0. The maximum Gasteiger partial charge on any atom is 0.145 e. The number of para-hydroxylation sites is 2. The number of benzene rings is 7. The highest BCUT2D eigenvalue weighted by atomic mass is 15.1. The molecule has 0 aliphatic heterocycles. The van der Waals surface area contributed by atoms with Crippen LogP contribution in [0.3, 0.4) is 0 Å². The maximum absolute atomic E-state index is 5.24. The topological polar surface area (TPSA) is 35.6 Å². The molecule has 1 aliphatic rings. The third-order valence-electron chi connectivity index (χ3n) is 11.2. The predicted molar refractivity (Wildman–Crippen MR) is 216 cm³/mol. The van der Waals surface area contributed by atoms with Crippen molar-refractivity contribution in [2.75, 3.05) is 0 Å². The van der Waals surface area contributed by atoms with Gasteiger partial charge in [0.15, 0.2) is 0 Å². The summed E-state index contributed by atoms with van der Waals surface area (Å²) in [5.74, 6) is 0.944. The molecule has 4 heterocycles. The van der Waals surface area contributed by atoms with Gasteiger partial charge in [-0.3, -0.25) is 9.55 Å². The summed E-state index contributed by atoms with van der Waals surface area (Å²) in [6.07, 6.45) is 5.91. The van der Waals surface area contributed by atoms with E-state index in [1.54, 1.807) is 0 Å². The first-order chi connectivity index (χ1) is 25.8. The molecule has 11 aromatic rings. The molecule has 7 aromatic carbocycles. The molecule has 0 spiro atoms. The molecular formula is C48H28N4. The second-order valence-electron chi connectivity index (χ2n) is 13.8. The van der Waals surface area contributed by atoms with E-state index in [0.29, 0.717) is 0 Å². The average Bonchev–Trinajstić information content (AvgIpc) is 3.85. The Morgan fingerprint density at radius 2 is 1.10 bits per heavy atom. The fourth-order valence-electron chi connectivity index (χ4n) is 8.95. The van der Waals surface area contributed by atoms with Crippen LogP contribution in [-0.4, -0.2) is 19.1 Å². The monoisotopic (exact) mass is 660 g/mol. The molecule has 12 rings (SSSR count). The summed E-state index contributed by atoms with van der Waals surface area (Å²) in [4.78, 5) is 9.71. The third-order valence-corrected chi connectivity index (χ3v) is 11.2. The van der Waals surface area contributed by atoms with E-state index in [9.17, 15) is 0 Å². The summed E-state index contributed by atoms with van der Waals surface area (Å²) in [7, 11) is 0. The number of aromatic nitrogens is 4. The van der Waals surface area contributed by atoms with E-state index in [-0.39, 0.29) is 0 Å². The first-order valence-corrected chi connectivity index (χ1v) is 17.7. The highest BCUT2D eigenvalue weighted by Gasteiger charge is 2.25. The standard InChI is InChI=1S/C48H28N4/c1-2-10-32(11-3-1)51-42-16-7-6-13-35(42)38-25-30(18-20-43(38)51)31-19-21-44-39(26-31)47-33-12-5-4-9-29(33)17-22-45(47)52(44)48-37-15-8-14-36-40-27-49-24-23-34(40)41(28-50-48)46(36)37/h1-28H. The number of hydrogen-bond donors (Lipinski definition) is 0. The molecule has 0 amide bonds. The van der Waals surface area contributed by atoms with Crippen molar-refractivity contribution in [3.8, 4) is 44.9 Å². The molecule has 4 aromatic heterocycles. The Balaban J connectivity index is 1.13. The molecule has 0 N–H and O–H groups in total. The van der Waals surface area contributed by atoms with Gasteiger partial charge in [-0.1, -0.05) is 97.1 Å². The zero-order valence-corrected chi connectivity index (χ0v) is 28.0. The van der Waals surface area contributed by atoms with Crippen LogP contribution in [0, 0.1) is 0 Å². The lowest BCUT2D eigenvalue weighted by Gasteiger charge is -2.12. The van der Waals surface area contributed by atoms with Crippen molar-refractivity contribution in [1.82, 2.24) is 19.1 Å². The molecule has 52 heavy (non-hydrogen) atoms. The van der Waals surface area contributed by atoms with E-state index in [1.165, 1.54) is 87.8 Å². The van der Waals surface area contributed by atoms with Gasteiger partial charge in [0.25, 0.3) is 0 Å². The molecule has 0 fully saturated rings. The van der Waals surface area contributed by atoms with E-state index in [0.717, 1.165) is 22.2 Å². The Morgan fingerprint density at radius 3 is 1.98 bits per heavy atom. The Kier molecular flexibility index (Phi) is 5.47. The minimum atomic E-state index is 0.944. The first kappa shape index (κ1) is 27.7. The lowest BCUT2D eigenvalue weighted by atomic mass is 9.99. The molecule has 4 nitrogen and oxygen atoms in total. The van der Waals surface area contributed by atoms with E-state index in [4.69, 9.17) is 4.98 Å². The van der Waals surface area contributed by atoms with Crippen LogP contribution in [0.25, 0.3) is 110 Å². The lowest BCUT2D eigenvalue weighted by Crippen LogP contribution is -1.99. The van der Waals surface area contributed by atoms with Gasteiger partial charge in [0.05, 0.1) is 22.1 Å². The number of nitrogens with zero attached hydrogens (tertiary/aromatic N) is 4. The van der Waals surface area contributed by atoms with Crippen LogP contribution >= 0.6 is 0 Å². The Bertz CT molecular complexity index is 3260. The summed E-state index contributed by atoms with van der Waals surface area (Å²) >= 11 is 0. The normalized spacial score (nSPS) is 12.2. The SMILES string of the molecule is c1ccc(-n2c3ccccc3c3cc(-c4ccc5c(c4)c4c6ccccc6ccc4n5-c4ncc5c6c(cccc46)-c4cnccc4-5)ccc32)cc1. The molecule has 0 unspecified atom stereocenters. The number of rotatable bonds is 3. The van der Waals surface area contributed by atoms with Crippen LogP contribution in [-0.2, 0) is 0 Å². The van der Waals surface area contributed by atoms with Gasteiger partial charge in [0.1, 0.15) is 5.82 Å². The zero-order chi connectivity index (χ0) is 33.9. The summed E-state index contributed by atoms with van der Waals surface area (Å²) in [6.45, 7) is 0. The quantitative estimate of drug-likeness (QED) is 0.189. The molecular weight excluding hydrogens is 633 g/mol. The van der Waals surface area contributed by atoms with Crippen molar-refractivity contribution in [2.45, 2.75) is 0 Å². The summed E-state index contributed by atoms with van der Waals surface area (Å²) in [5, 5.41) is 9.81. The maximum atomic E-state index is 5.24. The van der Waals surface area contributed by atoms with Crippen LogP contribution in [0.5, 0.6) is 0 Å². The largest absolute Gasteiger partial charge is 0.309 e. The fourth-order valence-corrected chi connectivity index (χ4v) is 8.95.